The van der Waals surface area contributed by atoms with Gasteiger partial charge in [-0.25, -0.2) is 0 Å². The molecule has 2 heteroatoms. The molecular weight excluding hydrogens is 300 g/mol. The molecule has 0 bridgehead atoms. The van der Waals surface area contributed by atoms with Crippen LogP contribution in [0.2, 0.25) is 0 Å². The van der Waals surface area contributed by atoms with Crippen molar-refractivity contribution in [3.8, 4) is 11.5 Å². The van der Waals surface area contributed by atoms with Crippen molar-refractivity contribution in [2.75, 3.05) is 0 Å². The Kier molecular flexibility index (Phi) is 4.31. The molecule has 0 aliphatic heterocycles. The van der Waals surface area contributed by atoms with Gasteiger partial charge in [-0.05, 0) is 67.6 Å². The Hall–Kier alpha value is -1.28. The molecule has 2 aromatic rings. The zero-order valence-corrected chi connectivity index (χ0v) is 13.5. The van der Waals surface area contributed by atoms with E-state index < -0.39 is 0 Å². The summed E-state index contributed by atoms with van der Waals surface area (Å²) in [6.45, 7) is 8.40. The fourth-order valence-corrected chi connectivity index (χ4v) is 2.48. The molecule has 0 atom stereocenters. The molecule has 1 nitrogen and oxygen atoms in total. The Morgan fingerprint density at radius 1 is 0.895 bits per heavy atom. The Labute approximate surface area is 123 Å². The summed E-state index contributed by atoms with van der Waals surface area (Å²) in [5.74, 6) is 1.88. The molecule has 0 fully saturated rings. The van der Waals surface area contributed by atoms with Crippen molar-refractivity contribution in [2.24, 2.45) is 0 Å². The number of hydrogen-bond acceptors (Lipinski definition) is 1. The Balaban J connectivity index is 2.36. The summed E-state index contributed by atoms with van der Waals surface area (Å²) in [5, 5.41) is 0.872. The minimum absolute atomic E-state index is 0.872. The molecule has 0 aromatic heterocycles. The minimum Gasteiger partial charge on any atom is -0.457 e. The third kappa shape index (κ3) is 3.19. The fraction of sp³-hybridized carbons (Fsp3) is 0.294. The van der Waals surface area contributed by atoms with Crippen LogP contribution in [0.15, 0.2) is 30.3 Å². The first-order chi connectivity index (χ1) is 9.01. The number of halogens is 1. The summed E-state index contributed by atoms with van der Waals surface area (Å²) < 4.78 is 6.09. The second-order valence-corrected chi connectivity index (χ2v) is 5.60. The van der Waals surface area contributed by atoms with Crippen molar-refractivity contribution in [1.82, 2.24) is 0 Å². The Morgan fingerprint density at radius 2 is 1.63 bits per heavy atom. The average molecular weight is 319 g/mol. The molecule has 0 unspecified atom stereocenters. The number of benzene rings is 2. The van der Waals surface area contributed by atoms with Crippen LogP contribution in [0, 0.1) is 27.7 Å². The summed E-state index contributed by atoms with van der Waals surface area (Å²) in [4.78, 5) is 0. The number of rotatable bonds is 3. The molecule has 0 amide bonds. The maximum absolute atomic E-state index is 6.09. The van der Waals surface area contributed by atoms with Crippen LogP contribution in [0.1, 0.15) is 27.8 Å². The molecule has 0 spiro atoms. The monoisotopic (exact) mass is 318 g/mol. The first kappa shape index (κ1) is 14.1. The van der Waals surface area contributed by atoms with Crippen LogP contribution in [0.4, 0.5) is 0 Å². The number of ether oxygens (including phenoxy) is 1. The summed E-state index contributed by atoms with van der Waals surface area (Å²) in [6, 6.07) is 10.6. The van der Waals surface area contributed by atoms with Crippen LogP contribution in [0.25, 0.3) is 0 Å². The first-order valence-electron chi connectivity index (χ1n) is 6.42. The highest BCUT2D eigenvalue weighted by Gasteiger charge is 2.07. The lowest BCUT2D eigenvalue weighted by Gasteiger charge is -2.14. The smallest absolute Gasteiger partial charge is 0.130 e. The highest BCUT2D eigenvalue weighted by Crippen LogP contribution is 2.31. The SMILES string of the molecule is Cc1cc(C)c(C)c(Oc2ccc(CBr)cc2C)c1. The van der Waals surface area contributed by atoms with E-state index in [-0.39, 0.29) is 0 Å². The maximum Gasteiger partial charge on any atom is 0.130 e. The van der Waals surface area contributed by atoms with Crippen LogP contribution in [-0.2, 0) is 5.33 Å². The van der Waals surface area contributed by atoms with E-state index in [1.54, 1.807) is 0 Å². The summed E-state index contributed by atoms with van der Waals surface area (Å²) in [5.41, 5.74) is 6.13. The van der Waals surface area contributed by atoms with Gasteiger partial charge in [0.1, 0.15) is 11.5 Å². The van der Waals surface area contributed by atoms with Crippen molar-refractivity contribution >= 4 is 15.9 Å². The van der Waals surface area contributed by atoms with Gasteiger partial charge in [-0.3, -0.25) is 0 Å². The predicted molar refractivity (Wildman–Crippen MR) is 84.5 cm³/mol. The first-order valence-corrected chi connectivity index (χ1v) is 7.54. The molecule has 100 valence electrons. The summed E-state index contributed by atoms with van der Waals surface area (Å²) >= 11 is 3.47. The third-order valence-electron chi connectivity index (χ3n) is 3.38. The van der Waals surface area contributed by atoms with Gasteiger partial charge in [0, 0.05) is 5.33 Å². The van der Waals surface area contributed by atoms with Gasteiger partial charge >= 0.3 is 0 Å². The molecule has 0 aliphatic carbocycles. The summed E-state index contributed by atoms with van der Waals surface area (Å²) in [7, 11) is 0. The van der Waals surface area contributed by atoms with E-state index in [9.17, 15) is 0 Å². The lowest BCUT2D eigenvalue weighted by molar-refractivity contribution is 0.474. The van der Waals surface area contributed by atoms with Gasteiger partial charge in [-0.2, -0.15) is 0 Å². The molecule has 0 saturated carbocycles. The number of aryl methyl sites for hydroxylation is 3. The second kappa shape index (κ2) is 5.79. The minimum atomic E-state index is 0.872. The van der Waals surface area contributed by atoms with Gasteiger partial charge in [-0.1, -0.05) is 34.1 Å². The Bertz CT molecular complexity index is 602. The molecule has 0 saturated heterocycles. The van der Waals surface area contributed by atoms with E-state index in [1.807, 2.05) is 6.07 Å². The van der Waals surface area contributed by atoms with Crippen molar-refractivity contribution in [2.45, 2.75) is 33.0 Å². The maximum atomic E-state index is 6.09. The van der Waals surface area contributed by atoms with E-state index in [0.717, 1.165) is 22.4 Å². The lowest BCUT2D eigenvalue weighted by atomic mass is 10.1. The third-order valence-corrected chi connectivity index (χ3v) is 4.03. The average Bonchev–Trinajstić information content (AvgIpc) is 2.37. The van der Waals surface area contributed by atoms with Crippen molar-refractivity contribution in [3.05, 3.63) is 58.1 Å². The fourth-order valence-electron chi connectivity index (χ4n) is 2.13. The standard InChI is InChI=1S/C17H19BrO/c1-11-7-12(2)14(4)17(8-11)19-16-6-5-15(10-18)9-13(16)3/h5-9H,10H2,1-4H3. The highest BCUT2D eigenvalue weighted by molar-refractivity contribution is 9.08. The number of hydrogen-bond donors (Lipinski definition) is 0. The molecular formula is C17H19BrO. The van der Waals surface area contributed by atoms with E-state index in [4.69, 9.17) is 4.74 Å². The topological polar surface area (TPSA) is 9.23 Å². The number of alkyl halides is 1. The molecule has 0 N–H and O–H groups in total. The van der Waals surface area contributed by atoms with Crippen molar-refractivity contribution < 1.29 is 4.74 Å². The van der Waals surface area contributed by atoms with Gasteiger partial charge in [0.25, 0.3) is 0 Å². The predicted octanol–water partition coefficient (Wildman–Crippen LogP) is 5.61. The van der Waals surface area contributed by atoms with Gasteiger partial charge in [0.2, 0.25) is 0 Å². The largest absolute Gasteiger partial charge is 0.457 e. The molecule has 0 aliphatic rings. The van der Waals surface area contributed by atoms with Crippen molar-refractivity contribution in [3.63, 3.8) is 0 Å². The lowest BCUT2D eigenvalue weighted by Crippen LogP contribution is -1.94. The molecule has 2 rings (SSSR count). The van der Waals surface area contributed by atoms with Gasteiger partial charge in [0.15, 0.2) is 0 Å². The van der Waals surface area contributed by atoms with E-state index in [1.165, 1.54) is 22.3 Å². The molecule has 2 aromatic carbocycles. The van der Waals surface area contributed by atoms with Crippen LogP contribution in [-0.4, -0.2) is 0 Å². The van der Waals surface area contributed by atoms with Crippen molar-refractivity contribution in [1.29, 1.82) is 0 Å². The van der Waals surface area contributed by atoms with Crippen LogP contribution in [0.3, 0.4) is 0 Å². The van der Waals surface area contributed by atoms with Gasteiger partial charge < -0.3 is 4.74 Å². The Morgan fingerprint density at radius 3 is 2.26 bits per heavy atom. The normalized spacial score (nSPS) is 10.6. The molecule has 19 heavy (non-hydrogen) atoms. The van der Waals surface area contributed by atoms with E-state index >= 15 is 0 Å². The summed E-state index contributed by atoms with van der Waals surface area (Å²) in [6.07, 6.45) is 0. The van der Waals surface area contributed by atoms with E-state index in [0.29, 0.717) is 0 Å². The van der Waals surface area contributed by atoms with Gasteiger partial charge in [-0.15, -0.1) is 0 Å². The van der Waals surface area contributed by atoms with Gasteiger partial charge in [0.05, 0.1) is 0 Å². The second-order valence-electron chi connectivity index (χ2n) is 5.04. The quantitative estimate of drug-likeness (QED) is 0.668. The molecule has 0 heterocycles. The van der Waals surface area contributed by atoms with E-state index in [2.05, 4.69) is 67.9 Å². The zero-order chi connectivity index (χ0) is 14.0. The van der Waals surface area contributed by atoms with Crippen LogP contribution in [0.5, 0.6) is 11.5 Å². The zero-order valence-electron chi connectivity index (χ0n) is 11.9. The molecule has 0 radical (unpaired) electrons. The van der Waals surface area contributed by atoms with Crippen LogP contribution >= 0.6 is 15.9 Å². The highest BCUT2D eigenvalue weighted by atomic mass is 79.9. The van der Waals surface area contributed by atoms with Crippen LogP contribution < -0.4 is 4.74 Å².